The SMILES string of the molecule is CN1CCO[C@H]([C@@H](NCc2cccnc2)c2ccc(Cl)cc2)C1. The zero-order valence-corrected chi connectivity index (χ0v) is 14.0. The molecule has 0 aliphatic carbocycles. The first kappa shape index (κ1) is 16.4. The highest BCUT2D eigenvalue weighted by Gasteiger charge is 2.27. The molecule has 0 radical (unpaired) electrons. The number of morpholine rings is 1. The molecule has 1 aromatic carbocycles. The minimum atomic E-state index is 0.117. The van der Waals surface area contributed by atoms with Gasteiger partial charge in [-0.2, -0.15) is 0 Å². The lowest BCUT2D eigenvalue weighted by Crippen LogP contribution is -2.46. The summed E-state index contributed by atoms with van der Waals surface area (Å²) in [6, 6.07) is 12.2. The van der Waals surface area contributed by atoms with E-state index >= 15 is 0 Å². The molecular formula is C18H22ClN3O. The molecule has 3 rings (SSSR count). The number of likely N-dealkylation sites (N-methyl/N-ethyl adjacent to an activating group) is 1. The number of ether oxygens (including phenoxy) is 1. The van der Waals surface area contributed by atoms with Gasteiger partial charge in [0.25, 0.3) is 0 Å². The van der Waals surface area contributed by atoms with E-state index in [0.29, 0.717) is 0 Å². The van der Waals surface area contributed by atoms with Crippen molar-refractivity contribution in [3.05, 3.63) is 64.9 Å². The van der Waals surface area contributed by atoms with E-state index in [0.717, 1.165) is 36.8 Å². The molecule has 0 saturated carbocycles. The van der Waals surface area contributed by atoms with Crippen LogP contribution in [-0.4, -0.2) is 42.7 Å². The minimum absolute atomic E-state index is 0.117. The van der Waals surface area contributed by atoms with Crippen molar-refractivity contribution >= 4 is 11.6 Å². The van der Waals surface area contributed by atoms with Crippen molar-refractivity contribution in [1.82, 2.24) is 15.2 Å². The van der Waals surface area contributed by atoms with Gasteiger partial charge in [-0.15, -0.1) is 0 Å². The molecule has 23 heavy (non-hydrogen) atoms. The summed E-state index contributed by atoms with van der Waals surface area (Å²) in [5, 5.41) is 4.38. The second-order valence-corrected chi connectivity index (χ2v) is 6.38. The zero-order valence-electron chi connectivity index (χ0n) is 13.3. The molecule has 1 saturated heterocycles. The van der Waals surface area contributed by atoms with Crippen molar-refractivity contribution in [2.45, 2.75) is 18.7 Å². The predicted octanol–water partition coefficient (Wildman–Crippen LogP) is 2.90. The molecule has 1 aromatic heterocycles. The zero-order chi connectivity index (χ0) is 16.1. The van der Waals surface area contributed by atoms with Gasteiger partial charge in [0.2, 0.25) is 0 Å². The van der Waals surface area contributed by atoms with Crippen LogP contribution in [0, 0.1) is 0 Å². The maximum Gasteiger partial charge on any atom is 0.0896 e. The summed E-state index contributed by atoms with van der Waals surface area (Å²) < 4.78 is 6.03. The van der Waals surface area contributed by atoms with Crippen LogP contribution < -0.4 is 5.32 Å². The Labute approximate surface area is 142 Å². The van der Waals surface area contributed by atoms with Crippen LogP contribution in [0.25, 0.3) is 0 Å². The first-order chi connectivity index (χ1) is 11.2. The Morgan fingerprint density at radius 1 is 1.35 bits per heavy atom. The van der Waals surface area contributed by atoms with Crippen molar-refractivity contribution in [3.63, 3.8) is 0 Å². The minimum Gasteiger partial charge on any atom is -0.374 e. The number of nitrogens with one attached hydrogen (secondary N) is 1. The molecule has 2 heterocycles. The molecule has 1 fully saturated rings. The molecule has 1 N–H and O–H groups in total. The van der Waals surface area contributed by atoms with E-state index in [1.54, 1.807) is 6.20 Å². The third-order valence-electron chi connectivity index (χ3n) is 4.15. The molecule has 0 spiro atoms. The summed E-state index contributed by atoms with van der Waals surface area (Å²) in [5.41, 5.74) is 2.36. The van der Waals surface area contributed by atoms with E-state index in [9.17, 15) is 0 Å². The smallest absolute Gasteiger partial charge is 0.0896 e. The van der Waals surface area contributed by atoms with Gasteiger partial charge < -0.3 is 15.0 Å². The monoisotopic (exact) mass is 331 g/mol. The van der Waals surface area contributed by atoms with Gasteiger partial charge in [0.05, 0.1) is 18.8 Å². The van der Waals surface area contributed by atoms with Gasteiger partial charge in [-0.3, -0.25) is 4.98 Å². The maximum absolute atomic E-state index is 6.03. The molecule has 0 amide bonds. The summed E-state index contributed by atoms with van der Waals surface area (Å²) >= 11 is 6.03. The van der Waals surface area contributed by atoms with Crippen LogP contribution >= 0.6 is 11.6 Å². The summed E-state index contributed by atoms with van der Waals surface area (Å²) in [7, 11) is 2.13. The van der Waals surface area contributed by atoms with Gasteiger partial charge >= 0.3 is 0 Å². The number of hydrogen-bond donors (Lipinski definition) is 1. The van der Waals surface area contributed by atoms with Gasteiger partial charge in [-0.25, -0.2) is 0 Å². The van der Waals surface area contributed by atoms with Gasteiger partial charge in [0, 0.05) is 37.1 Å². The molecule has 1 aliphatic rings. The molecule has 1 aliphatic heterocycles. The van der Waals surface area contributed by atoms with Crippen molar-refractivity contribution in [2.24, 2.45) is 0 Å². The van der Waals surface area contributed by atoms with Crippen LogP contribution in [0.5, 0.6) is 0 Å². The molecule has 5 heteroatoms. The van der Waals surface area contributed by atoms with E-state index in [4.69, 9.17) is 16.3 Å². The van der Waals surface area contributed by atoms with Crippen LogP contribution in [0.2, 0.25) is 5.02 Å². The summed E-state index contributed by atoms with van der Waals surface area (Å²) in [6.45, 7) is 3.41. The quantitative estimate of drug-likeness (QED) is 0.914. The molecule has 0 bridgehead atoms. The normalized spacial score (nSPS) is 20.3. The van der Waals surface area contributed by atoms with E-state index < -0.39 is 0 Å². The number of aromatic nitrogens is 1. The van der Waals surface area contributed by atoms with Crippen molar-refractivity contribution in [2.75, 3.05) is 26.7 Å². The van der Waals surface area contributed by atoms with Crippen molar-refractivity contribution < 1.29 is 4.74 Å². The molecule has 2 aromatic rings. The lowest BCUT2D eigenvalue weighted by Gasteiger charge is -2.36. The second-order valence-electron chi connectivity index (χ2n) is 5.94. The molecule has 122 valence electrons. The summed E-state index contributed by atoms with van der Waals surface area (Å²) in [4.78, 5) is 6.48. The van der Waals surface area contributed by atoms with E-state index in [2.05, 4.69) is 40.4 Å². The number of pyridine rings is 1. The third-order valence-corrected chi connectivity index (χ3v) is 4.40. The fraction of sp³-hybridized carbons (Fsp3) is 0.389. The Morgan fingerprint density at radius 2 is 2.17 bits per heavy atom. The van der Waals surface area contributed by atoms with Crippen LogP contribution in [0.3, 0.4) is 0 Å². The predicted molar refractivity (Wildman–Crippen MR) is 92.5 cm³/mol. The highest BCUT2D eigenvalue weighted by Crippen LogP contribution is 2.24. The average Bonchev–Trinajstić information content (AvgIpc) is 2.58. The Morgan fingerprint density at radius 3 is 2.87 bits per heavy atom. The number of nitrogens with zero attached hydrogens (tertiary/aromatic N) is 2. The van der Waals surface area contributed by atoms with Gasteiger partial charge in [0.15, 0.2) is 0 Å². The van der Waals surface area contributed by atoms with Gasteiger partial charge in [-0.05, 0) is 36.4 Å². The largest absolute Gasteiger partial charge is 0.374 e. The maximum atomic E-state index is 6.03. The van der Waals surface area contributed by atoms with E-state index in [1.807, 2.05) is 24.4 Å². The molecule has 2 atom stereocenters. The lowest BCUT2D eigenvalue weighted by atomic mass is 9.99. The molecule has 4 nitrogen and oxygen atoms in total. The Hall–Kier alpha value is -1.46. The van der Waals surface area contributed by atoms with E-state index in [1.165, 1.54) is 5.56 Å². The number of halogens is 1. The van der Waals surface area contributed by atoms with Gasteiger partial charge in [0.1, 0.15) is 0 Å². The van der Waals surface area contributed by atoms with Crippen LogP contribution in [0.15, 0.2) is 48.8 Å². The highest BCUT2D eigenvalue weighted by atomic mass is 35.5. The summed E-state index contributed by atoms with van der Waals surface area (Å²) in [6.07, 6.45) is 3.80. The van der Waals surface area contributed by atoms with Crippen LogP contribution in [0.1, 0.15) is 17.2 Å². The lowest BCUT2D eigenvalue weighted by molar-refractivity contribution is -0.0396. The standard InChI is InChI=1S/C18H22ClN3O/c1-22-9-10-23-17(13-22)18(15-4-6-16(19)7-5-15)21-12-14-3-2-8-20-11-14/h2-8,11,17-18,21H,9-10,12-13H2,1H3/t17-,18-/m0/s1. The first-order valence-corrected chi connectivity index (χ1v) is 8.28. The van der Waals surface area contributed by atoms with E-state index in [-0.39, 0.29) is 12.1 Å². The Bertz CT molecular complexity index is 605. The Balaban J connectivity index is 1.76. The van der Waals surface area contributed by atoms with Gasteiger partial charge in [-0.1, -0.05) is 29.8 Å². The van der Waals surface area contributed by atoms with Crippen molar-refractivity contribution in [3.8, 4) is 0 Å². The highest BCUT2D eigenvalue weighted by molar-refractivity contribution is 6.30. The molecule has 0 unspecified atom stereocenters. The topological polar surface area (TPSA) is 37.4 Å². The molecular weight excluding hydrogens is 310 g/mol. The second kappa shape index (κ2) is 7.88. The first-order valence-electron chi connectivity index (χ1n) is 7.90. The number of hydrogen-bond acceptors (Lipinski definition) is 4. The van der Waals surface area contributed by atoms with Crippen molar-refractivity contribution in [1.29, 1.82) is 0 Å². The number of rotatable bonds is 5. The van der Waals surface area contributed by atoms with Crippen LogP contribution in [0.4, 0.5) is 0 Å². The fourth-order valence-corrected chi connectivity index (χ4v) is 3.00. The third kappa shape index (κ3) is 4.52. The fourth-order valence-electron chi connectivity index (χ4n) is 2.88. The number of benzene rings is 1. The Kier molecular flexibility index (Phi) is 5.62. The summed E-state index contributed by atoms with van der Waals surface area (Å²) in [5.74, 6) is 0. The van der Waals surface area contributed by atoms with Crippen LogP contribution in [-0.2, 0) is 11.3 Å². The average molecular weight is 332 g/mol.